The first-order chi connectivity index (χ1) is 8.78. The molecule has 1 heterocycles. The molecule has 0 saturated heterocycles. The van der Waals surface area contributed by atoms with Crippen molar-refractivity contribution in [2.45, 2.75) is 25.8 Å². The van der Waals surface area contributed by atoms with E-state index in [2.05, 4.69) is 34.8 Å². The van der Waals surface area contributed by atoms with Crippen LogP contribution in [0.25, 0.3) is 11.3 Å². The quantitative estimate of drug-likeness (QED) is 0.893. The maximum absolute atomic E-state index is 4.60. The maximum Gasteiger partial charge on any atom is 0.0968 e. The third-order valence-electron chi connectivity index (χ3n) is 3.64. The van der Waals surface area contributed by atoms with Gasteiger partial charge in [0.05, 0.1) is 5.69 Å². The second-order valence-electron chi connectivity index (χ2n) is 5.04. The molecule has 0 saturated carbocycles. The Labute approximate surface area is 108 Å². The molecular formula is C15H19N3. The van der Waals surface area contributed by atoms with Crippen LogP contribution in [0, 0.1) is 0 Å². The van der Waals surface area contributed by atoms with Crippen molar-refractivity contribution in [1.82, 2.24) is 15.1 Å². The van der Waals surface area contributed by atoms with E-state index in [-0.39, 0.29) is 0 Å². The Bertz CT molecular complexity index is 569. The van der Waals surface area contributed by atoms with Crippen molar-refractivity contribution in [3.8, 4) is 11.3 Å². The molecule has 1 aliphatic carbocycles. The number of nitrogens with zero attached hydrogens (tertiary/aromatic N) is 2. The lowest BCUT2D eigenvalue weighted by atomic mass is 10.0. The molecule has 94 valence electrons. The van der Waals surface area contributed by atoms with Gasteiger partial charge >= 0.3 is 0 Å². The molecule has 0 fully saturated rings. The molecule has 18 heavy (non-hydrogen) atoms. The molecule has 0 unspecified atom stereocenters. The van der Waals surface area contributed by atoms with E-state index in [1.165, 1.54) is 41.5 Å². The van der Waals surface area contributed by atoms with Crippen molar-refractivity contribution in [2.75, 3.05) is 7.05 Å². The zero-order valence-electron chi connectivity index (χ0n) is 11.0. The summed E-state index contributed by atoms with van der Waals surface area (Å²) in [5.41, 5.74) is 6.65. The lowest BCUT2D eigenvalue weighted by molar-refractivity contribution is 0.765. The fourth-order valence-corrected chi connectivity index (χ4v) is 2.82. The van der Waals surface area contributed by atoms with Crippen LogP contribution in [-0.2, 0) is 26.4 Å². The molecule has 3 nitrogen and oxygen atoms in total. The molecule has 3 heteroatoms. The highest BCUT2D eigenvalue weighted by Gasteiger charge is 2.14. The van der Waals surface area contributed by atoms with Crippen LogP contribution in [0.2, 0.25) is 0 Å². The van der Waals surface area contributed by atoms with Crippen LogP contribution < -0.4 is 5.32 Å². The Kier molecular flexibility index (Phi) is 2.92. The molecular weight excluding hydrogens is 222 g/mol. The van der Waals surface area contributed by atoms with E-state index in [1.54, 1.807) is 0 Å². The fraction of sp³-hybridized carbons (Fsp3) is 0.400. The first-order valence-electron chi connectivity index (χ1n) is 6.57. The number of hydrogen-bond acceptors (Lipinski definition) is 2. The van der Waals surface area contributed by atoms with Crippen LogP contribution in [0.4, 0.5) is 0 Å². The Morgan fingerprint density at radius 2 is 2.11 bits per heavy atom. The summed E-state index contributed by atoms with van der Waals surface area (Å²) in [5.74, 6) is 0. The Morgan fingerprint density at radius 3 is 2.94 bits per heavy atom. The van der Waals surface area contributed by atoms with E-state index < -0.39 is 0 Å². The standard InChI is InChI=1S/C15H19N3/c1-16-9-14-10-18(2)17-15(14)13-7-6-11-4-3-5-12(11)8-13/h6-8,10,16H,3-5,9H2,1-2H3. The number of nitrogens with one attached hydrogen (secondary N) is 1. The van der Waals surface area contributed by atoms with Crippen LogP contribution >= 0.6 is 0 Å². The second-order valence-corrected chi connectivity index (χ2v) is 5.04. The normalized spacial score (nSPS) is 13.9. The zero-order valence-corrected chi connectivity index (χ0v) is 11.0. The molecule has 0 spiro atoms. The highest BCUT2D eigenvalue weighted by atomic mass is 15.3. The topological polar surface area (TPSA) is 29.9 Å². The van der Waals surface area contributed by atoms with Crippen molar-refractivity contribution in [3.63, 3.8) is 0 Å². The van der Waals surface area contributed by atoms with Gasteiger partial charge in [-0.1, -0.05) is 12.1 Å². The summed E-state index contributed by atoms with van der Waals surface area (Å²) in [6.45, 7) is 0.861. The van der Waals surface area contributed by atoms with Gasteiger partial charge in [0, 0.05) is 30.9 Å². The predicted octanol–water partition coefficient (Wildman–Crippen LogP) is 2.30. The van der Waals surface area contributed by atoms with Crippen LogP contribution in [-0.4, -0.2) is 16.8 Å². The van der Waals surface area contributed by atoms with E-state index in [0.29, 0.717) is 0 Å². The van der Waals surface area contributed by atoms with E-state index in [1.807, 2.05) is 18.8 Å². The van der Waals surface area contributed by atoms with Gasteiger partial charge < -0.3 is 5.32 Å². The van der Waals surface area contributed by atoms with Crippen LogP contribution in [0.1, 0.15) is 23.1 Å². The van der Waals surface area contributed by atoms with E-state index in [4.69, 9.17) is 0 Å². The summed E-state index contributed by atoms with van der Waals surface area (Å²) in [6, 6.07) is 6.81. The largest absolute Gasteiger partial charge is 0.316 e. The molecule has 0 amide bonds. The van der Waals surface area contributed by atoms with Crippen molar-refractivity contribution >= 4 is 0 Å². The highest BCUT2D eigenvalue weighted by molar-refractivity contribution is 5.64. The van der Waals surface area contributed by atoms with Crippen molar-refractivity contribution in [3.05, 3.63) is 41.1 Å². The van der Waals surface area contributed by atoms with Crippen molar-refractivity contribution in [1.29, 1.82) is 0 Å². The number of hydrogen-bond donors (Lipinski definition) is 1. The van der Waals surface area contributed by atoms with Crippen molar-refractivity contribution in [2.24, 2.45) is 7.05 Å². The minimum Gasteiger partial charge on any atom is -0.316 e. The first kappa shape index (κ1) is 11.5. The summed E-state index contributed by atoms with van der Waals surface area (Å²) in [7, 11) is 3.95. The highest BCUT2D eigenvalue weighted by Crippen LogP contribution is 2.28. The average molecular weight is 241 g/mol. The number of benzene rings is 1. The Morgan fingerprint density at radius 1 is 1.28 bits per heavy atom. The van der Waals surface area contributed by atoms with Gasteiger partial charge in [-0.15, -0.1) is 0 Å². The lowest BCUT2D eigenvalue weighted by Gasteiger charge is -2.05. The molecule has 1 N–H and O–H groups in total. The summed E-state index contributed by atoms with van der Waals surface area (Å²) in [4.78, 5) is 0. The summed E-state index contributed by atoms with van der Waals surface area (Å²) in [5, 5.41) is 7.81. The monoisotopic (exact) mass is 241 g/mol. The lowest BCUT2D eigenvalue weighted by Crippen LogP contribution is -2.05. The minimum atomic E-state index is 0.861. The van der Waals surface area contributed by atoms with Gasteiger partial charge in [0.1, 0.15) is 0 Å². The smallest absolute Gasteiger partial charge is 0.0968 e. The third kappa shape index (κ3) is 1.95. The van der Waals surface area contributed by atoms with Gasteiger partial charge in [-0.05, 0) is 43.5 Å². The van der Waals surface area contributed by atoms with Gasteiger partial charge in [-0.2, -0.15) is 5.10 Å². The number of rotatable bonds is 3. The second kappa shape index (κ2) is 4.58. The number of fused-ring (bicyclic) bond motifs is 1. The molecule has 1 aliphatic rings. The van der Waals surface area contributed by atoms with Gasteiger partial charge in [-0.25, -0.2) is 0 Å². The summed E-state index contributed by atoms with van der Waals surface area (Å²) >= 11 is 0. The van der Waals surface area contributed by atoms with Crippen LogP contribution in [0.3, 0.4) is 0 Å². The maximum atomic E-state index is 4.60. The van der Waals surface area contributed by atoms with Crippen molar-refractivity contribution < 1.29 is 0 Å². The summed E-state index contributed by atoms with van der Waals surface area (Å²) < 4.78 is 1.90. The minimum absolute atomic E-state index is 0.861. The number of aromatic nitrogens is 2. The molecule has 0 atom stereocenters. The zero-order chi connectivity index (χ0) is 12.5. The Hall–Kier alpha value is -1.61. The summed E-state index contributed by atoms with van der Waals surface area (Å²) in [6.07, 6.45) is 5.85. The molecule has 2 aromatic rings. The number of aryl methyl sites for hydroxylation is 3. The van der Waals surface area contributed by atoms with Gasteiger partial charge in [0.15, 0.2) is 0 Å². The predicted molar refractivity (Wildman–Crippen MR) is 73.4 cm³/mol. The average Bonchev–Trinajstić information content (AvgIpc) is 2.95. The fourth-order valence-electron chi connectivity index (χ4n) is 2.82. The first-order valence-corrected chi connectivity index (χ1v) is 6.57. The molecule has 3 rings (SSSR count). The van der Waals surface area contributed by atoms with E-state index in [0.717, 1.165) is 12.2 Å². The van der Waals surface area contributed by atoms with Crippen LogP contribution in [0.5, 0.6) is 0 Å². The van der Waals surface area contributed by atoms with Gasteiger partial charge in [0.2, 0.25) is 0 Å². The third-order valence-corrected chi connectivity index (χ3v) is 3.64. The molecule has 1 aromatic heterocycles. The van der Waals surface area contributed by atoms with Crippen LogP contribution in [0.15, 0.2) is 24.4 Å². The SMILES string of the molecule is CNCc1cn(C)nc1-c1ccc2c(c1)CCC2. The molecule has 0 aliphatic heterocycles. The van der Waals surface area contributed by atoms with Gasteiger partial charge in [-0.3, -0.25) is 4.68 Å². The Balaban J connectivity index is 2.03. The molecule has 1 aromatic carbocycles. The van der Waals surface area contributed by atoms with E-state index in [9.17, 15) is 0 Å². The van der Waals surface area contributed by atoms with E-state index >= 15 is 0 Å². The molecule has 0 bridgehead atoms. The van der Waals surface area contributed by atoms with Gasteiger partial charge in [0.25, 0.3) is 0 Å². The molecule has 0 radical (unpaired) electrons.